The van der Waals surface area contributed by atoms with Crippen LogP contribution in [0, 0.1) is 6.92 Å². The standard InChI is InChI=1S/C11H13BrN4O2S/c1-7-3-4-8(5-9(7)12)15-19(17,18)11-10(13)14-6-16(11)2/h3-6,15H,13H2,1-2H3. The summed E-state index contributed by atoms with van der Waals surface area (Å²) in [6.07, 6.45) is 1.36. The molecule has 2 rings (SSSR count). The zero-order valence-corrected chi connectivity index (χ0v) is 12.8. The average molecular weight is 345 g/mol. The quantitative estimate of drug-likeness (QED) is 0.889. The lowest BCUT2D eigenvalue weighted by Gasteiger charge is -2.10. The van der Waals surface area contributed by atoms with Crippen molar-refractivity contribution >= 4 is 37.5 Å². The van der Waals surface area contributed by atoms with Gasteiger partial charge in [0, 0.05) is 11.5 Å². The highest BCUT2D eigenvalue weighted by molar-refractivity contribution is 9.10. The molecule has 1 aromatic carbocycles. The van der Waals surface area contributed by atoms with Crippen LogP contribution in [0.2, 0.25) is 0 Å². The number of imidazole rings is 1. The summed E-state index contributed by atoms with van der Waals surface area (Å²) in [5.74, 6) is -0.0267. The summed E-state index contributed by atoms with van der Waals surface area (Å²) >= 11 is 3.35. The van der Waals surface area contributed by atoms with Crippen LogP contribution in [-0.2, 0) is 17.1 Å². The third-order valence-corrected chi connectivity index (χ3v) is 4.95. The summed E-state index contributed by atoms with van der Waals surface area (Å²) in [6, 6.07) is 5.19. The number of sulfonamides is 1. The Kier molecular flexibility index (Phi) is 3.55. The smallest absolute Gasteiger partial charge is 0.281 e. The number of aromatic nitrogens is 2. The van der Waals surface area contributed by atoms with Gasteiger partial charge < -0.3 is 10.3 Å². The maximum atomic E-state index is 12.2. The summed E-state index contributed by atoms with van der Waals surface area (Å²) < 4.78 is 29.1. The predicted octanol–water partition coefficient (Wildman–Crippen LogP) is 1.87. The van der Waals surface area contributed by atoms with Gasteiger partial charge in [-0.15, -0.1) is 0 Å². The Labute approximate surface area is 119 Å². The van der Waals surface area contributed by atoms with Gasteiger partial charge in [0.05, 0.1) is 12.0 Å². The van der Waals surface area contributed by atoms with Gasteiger partial charge in [0.1, 0.15) is 0 Å². The van der Waals surface area contributed by atoms with E-state index in [0.717, 1.165) is 10.0 Å². The summed E-state index contributed by atoms with van der Waals surface area (Å²) in [6.45, 7) is 1.92. The van der Waals surface area contributed by atoms with E-state index in [1.54, 1.807) is 19.2 Å². The lowest BCUT2D eigenvalue weighted by Crippen LogP contribution is -2.17. The summed E-state index contributed by atoms with van der Waals surface area (Å²) in [4.78, 5) is 3.77. The monoisotopic (exact) mass is 344 g/mol. The molecular weight excluding hydrogens is 332 g/mol. The van der Waals surface area contributed by atoms with Gasteiger partial charge in [-0.25, -0.2) is 4.98 Å². The Balaban J connectivity index is 2.39. The van der Waals surface area contributed by atoms with Crippen LogP contribution < -0.4 is 10.5 Å². The first-order chi connectivity index (χ1) is 8.81. The molecule has 0 spiro atoms. The molecule has 1 aromatic heterocycles. The second-order valence-corrected chi connectivity index (χ2v) is 6.57. The molecule has 0 unspecified atom stereocenters. The van der Waals surface area contributed by atoms with E-state index in [-0.39, 0.29) is 10.8 Å². The summed E-state index contributed by atoms with van der Waals surface area (Å²) in [5, 5.41) is -0.0517. The van der Waals surface area contributed by atoms with Gasteiger partial charge in [-0.2, -0.15) is 8.42 Å². The lowest BCUT2D eigenvalue weighted by molar-refractivity contribution is 0.592. The Bertz CT molecular complexity index is 705. The van der Waals surface area contributed by atoms with Crippen molar-refractivity contribution in [3.8, 4) is 0 Å². The van der Waals surface area contributed by atoms with E-state index in [4.69, 9.17) is 5.73 Å². The van der Waals surface area contributed by atoms with Gasteiger partial charge in [0.15, 0.2) is 10.8 Å². The first-order valence-electron chi connectivity index (χ1n) is 5.37. The Hall–Kier alpha value is -1.54. The first kappa shape index (κ1) is 13.9. The highest BCUT2D eigenvalue weighted by Crippen LogP contribution is 2.24. The van der Waals surface area contributed by atoms with E-state index in [1.807, 2.05) is 13.0 Å². The molecule has 19 heavy (non-hydrogen) atoms. The molecule has 3 N–H and O–H groups in total. The molecule has 0 atom stereocenters. The number of hydrogen-bond acceptors (Lipinski definition) is 4. The van der Waals surface area contributed by atoms with Gasteiger partial charge >= 0.3 is 0 Å². The second kappa shape index (κ2) is 4.86. The minimum atomic E-state index is -3.76. The Morgan fingerprint density at radius 2 is 2.11 bits per heavy atom. The maximum absolute atomic E-state index is 12.2. The number of nitrogens with zero attached hydrogens (tertiary/aromatic N) is 2. The third kappa shape index (κ3) is 2.74. The van der Waals surface area contributed by atoms with Crippen molar-refractivity contribution in [2.45, 2.75) is 11.9 Å². The molecule has 0 saturated heterocycles. The summed E-state index contributed by atoms with van der Waals surface area (Å²) in [7, 11) is -2.18. The van der Waals surface area contributed by atoms with E-state index < -0.39 is 10.0 Å². The van der Waals surface area contributed by atoms with Gasteiger partial charge in [0.25, 0.3) is 10.0 Å². The number of hydrogen-bond donors (Lipinski definition) is 2. The minimum absolute atomic E-state index is 0.0267. The number of anilines is 2. The number of aryl methyl sites for hydroxylation is 2. The van der Waals surface area contributed by atoms with E-state index in [2.05, 4.69) is 25.6 Å². The molecule has 0 saturated carbocycles. The molecule has 0 amide bonds. The van der Waals surface area contributed by atoms with Crippen molar-refractivity contribution in [1.29, 1.82) is 0 Å². The van der Waals surface area contributed by atoms with Crippen LogP contribution in [0.1, 0.15) is 5.56 Å². The van der Waals surface area contributed by atoms with E-state index in [1.165, 1.54) is 10.9 Å². The van der Waals surface area contributed by atoms with Crippen LogP contribution >= 0.6 is 15.9 Å². The molecule has 0 fully saturated rings. The van der Waals surface area contributed by atoms with Gasteiger partial charge in [-0.05, 0) is 24.6 Å². The number of nitrogen functional groups attached to an aromatic ring is 1. The molecule has 0 radical (unpaired) electrons. The number of nitrogens with one attached hydrogen (secondary N) is 1. The molecule has 6 nitrogen and oxygen atoms in total. The SMILES string of the molecule is Cc1ccc(NS(=O)(=O)c2c(N)ncn2C)cc1Br. The number of benzene rings is 1. The zero-order valence-electron chi connectivity index (χ0n) is 10.4. The highest BCUT2D eigenvalue weighted by atomic mass is 79.9. The molecule has 2 aromatic rings. The van der Waals surface area contributed by atoms with Crippen LogP contribution in [-0.4, -0.2) is 18.0 Å². The Morgan fingerprint density at radius 3 is 2.63 bits per heavy atom. The largest absolute Gasteiger partial charge is 0.381 e. The second-order valence-electron chi connectivity index (χ2n) is 4.12. The molecular formula is C11H13BrN4O2S. The fourth-order valence-electron chi connectivity index (χ4n) is 1.62. The average Bonchev–Trinajstić information content (AvgIpc) is 2.64. The number of rotatable bonds is 3. The minimum Gasteiger partial charge on any atom is -0.381 e. The van der Waals surface area contributed by atoms with Crippen molar-refractivity contribution in [3.05, 3.63) is 34.6 Å². The number of nitrogens with two attached hydrogens (primary N) is 1. The van der Waals surface area contributed by atoms with E-state index in [9.17, 15) is 8.42 Å². The maximum Gasteiger partial charge on any atom is 0.281 e. The van der Waals surface area contributed by atoms with Gasteiger partial charge in [0.2, 0.25) is 0 Å². The lowest BCUT2D eigenvalue weighted by atomic mass is 10.2. The van der Waals surface area contributed by atoms with E-state index in [0.29, 0.717) is 5.69 Å². The molecule has 0 aliphatic carbocycles. The fourth-order valence-corrected chi connectivity index (χ4v) is 3.29. The number of halogens is 1. The van der Waals surface area contributed by atoms with Gasteiger partial charge in [-0.3, -0.25) is 4.72 Å². The summed E-state index contributed by atoms with van der Waals surface area (Å²) in [5.41, 5.74) is 7.05. The topological polar surface area (TPSA) is 90.0 Å². The molecule has 1 heterocycles. The zero-order chi connectivity index (χ0) is 14.2. The highest BCUT2D eigenvalue weighted by Gasteiger charge is 2.22. The molecule has 0 bridgehead atoms. The predicted molar refractivity (Wildman–Crippen MR) is 77.3 cm³/mol. The molecule has 0 aliphatic rings. The van der Waals surface area contributed by atoms with Crippen LogP contribution in [0.4, 0.5) is 11.5 Å². The molecule has 102 valence electrons. The Morgan fingerprint density at radius 1 is 1.42 bits per heavy atom. The van der Waals surface area contributed by atoms with Crippen LogP contribution in [0.3, 0.4) is 0 Å². The van der Waals surface area contributed by atoms with Crippen LogP contribution in [0.5, 0.6) is 0 Å². The fraction of sp³-hybridized carbons (Fsp3) is 0.182. The van der Waals surface area contributed by atoms with Crippen molar-refractivity contribution < 1.29 is 8.42 Å². The van der Waals surface area contributed by atoms with Crippen molar-refractivity contribution in [2.75, 3.05) is 10.5 Å². The normalized spacial score (nSPS) is 11.5. The first-order valence-corrected chi connectivity index (χ1v) is 7.64. The van der Waals surface area contributed by atoms with Crippen molar-refractivity contribution in [1.82, 2.24) is 9.55 Å². The third-order valence-electron chi connectivity index (χ3n) is 2.59. The van der Waals surface area contributed by atoms with Crippen LogP contribution in [0.15, 0.2) is 34.0 Å². The van der Waals surface area contributed by atoms with Gasteiger partial charge in [-0.1, -0.05) is 22.0 Å². The molecule has 0 aliphatic heterocycles. The van der Waals surface area contributed by atoms with Crippen LogP contribution in [0.25, 0.3) is 0 Å². The van der Waals surface area contributed by atoms with Crippen molar-refractivity contribution in [3.63, 3.8) is 0 Å². The molecule has 8 heteroatoms. The van der Waals surface area contributed by atoms with Crippen molar-refractivity contribution in [2.24, 2.45) is 7.05 Å². The van der Waals surface area contributed by atoms with E-state index >= 15 is 0 Å².